The van der Waals surface area contributed by atoms with E-state index in [9.17, 15) is 9.90 Å². The smallest absolute Gasteiger partial charge is 0.262 e. The van der Waals surface area contributed by atoms with Crippen LogP contribution in [-0.2, 0) is 0 Å². The Kier molecular flexibility index (Phi) is 4.33. The first-order chi connectivity index (χ1) is 10.1. The van der Waals surface area contributed by atoms with E-state index in [-0.39, 0.29) is 17.2 Å². The summed E-state index contributed by atoms with van der Waals surface area (Å²) in [4.78, 5) is 14.2. The summed E-state index contributed by atoms with van der Waals surface area (Å²) in [5.41, 5.74) is 7.21. The van der Waals surface area contributed by atoms with Crippen molar-refractivity contribution in [2.24, 2.45) is 0 Å². The van der Waals surface area contributed by atoms with Crippen LogP contribution < -0.4 is 15.4 Å². The normalized spacial score (nSPS) is 10.2. The third kappa shape index (κ3) is 3.08. The molecule has 0 unspecified atom stereocenters. The molecule has 0 saturated carbocycles. The van der Waals surface area contributed by atoms with Gasteiger partial charge in [-0.25, -0.2) is 0 Å². The molecular weight excluding hydrogens is 268 g/mol. The summed E-state index contributed by atoms with van der Waals surface area (Å²) in [6, 6.07) is 11.6. The van der Waals surface area contributed by atoms with Gasteiger partial charge in [0, 0.05) is 17.9 Å². The Hall–Kier alpha value is -2.69. The molecule has 1 amide bonds. The lowest BCUT2D eigenvalue weighted by Crippen LogP contribution is -2.30. The third-order valence-electron chi connectivity index (χ3n) is 3.18. The predicted molar refractivity (Wildman–Crippen MR) is 82.9 cm³/mol. The number of nitrogens with zero attached hydrogens (tertiary/aromatic N) is 1. The lowest BCUT2D eigenvalue weighted by atomic mass is 10.1. The Labute approximate surface area is 123 Å². The zero-order valence-corrected chi connectivity index (χ0v) is 12.0. The maximum absolute atomic E-state index is 12.6. The summed E-state index contributed by atoms with van der Waals surface area (Å²) >= 11 is 0. The summed E-state index contributed by atoms with van der Waals surface area (Å²) in [5, 5.41) is 9.92. The molecule has 0 aliphatic carbocycles. The third-order valence-corrected chi connectivity index (χ3v) is 3.18. The van der Waals surface area contributed by atoms with Gasteiger partial charge < -0.3 is 20.5 Å². The molecule has 0 atom stereocenters. The van der Waals surface area contributed by atoms with Gasteiger partial charge in [0.1, 0.15) is 11.5 Å². The molecule has 0 heterocycles. The van der Waals surface area contributed by atoms with E-state index in [1.807, 2.05) is 6.92 Å². The van der Waals surface area contributed by atoms with E-state index < -0.39 is 0 Å². The summed E-state index contributed by atoms with van der Waals surface area (Å²) in [7, 11) is 1.51. The fourth-order valence-electron chi connectivity index (χ4n) is 2.09. The SMILES string of the molecule is CCN(C(=O)c1cc(OC)ccc1O)c1cccc(N)c1. The van der Waals surface area contributed by atoms with Gasteiger partial charge in [-0.2, -0.15) is 0 Å². The molecule has 0 aliphatic heterocycles. The number of carbonyl (C=O) groups excluding carboxylic acids is 1. The van der Waals surface area contributed by atoms with Gasteiger partial charge in [-0.1, -0.05) is 6.07 Å². The molecule has 0 saturated heterocycles. The second kappa shape index (κ2) is 6.17. The van der Waals surface area contributed by atoms with Crippen LogP contribution in [0.5, 0.6) is 11.5 Å². The number of rotatable bonds is 4. The van der Waals surface area contributed by atoms with E-state index >= 15 is 0 Å². The first kappa shape index (κ1) is 14.7. The minimum Gasteiger partial charge on any atom is -0.507 e. The summed E-state index contributed by atoms with van der Waals surface area (Å²) in [6.07, 6.45) is 0. The first-order valence-corrected chi connectivity index (χ1v) is 6.61. The first-order valence-electron chi connectivity index (χ1n) is 6.61. The zero-order valence-electron chi connectivity index (χ0n) is 12.0. The van der Waals surface area contributed by atoms with Crippen LogP contribution in [0.25, 0.3) is 0 Å². The molecule has 0 radical (unpaired) electrons. The predicted octanol–water partition coefficient (Wildman–Crippen LogP) is 2.65. The largest absolute Gasteiger partial charge is 0.507 e. The van der Waals surface area contributed by atoms with Crippen LogP contribution >= 0.6 is 0 Å². The van der Waals surface area contributed by atoms with Crippen molar-refractivity contribution in [1.29, 1.82) is 0 Å². The highest BCUT2D eigenvalue weighted by Gasteiger charge is 2.20. The molecule has 2 rings (SSSR count). The molecule has 0 spiro atoms. The topological polar surface area (TPSA) is 75.8 Å². The van der Waals surface area contributed by atoms with Crippen molar-refractivity contribution in [2.75, 3.05) is 24.3 Å². The molecule has 5 heteroatoms. The molecular formula is C16H18N2O3. The molecule has 21 heavy (non-hydrogen) atoms. The monoisotopic (exact) mass is 286 g/mol. The molecule has 0 aliphatic rings. The van der Waals surface area contributed by atoms with Crippen molar-refractivity contribution in [2.45, 2.75) is 6.92 Å². The molecule has 2 aromatic rings. The molecule has 5 nitrogen and oxygen atoms in total. The van der Waals surface area contributed by atoms with E-state index in [4.69, 9.17) is 10.5 Å². The fraction of sp³-hybridized carbons (Fsp3) is 0.188. The molecule has 0 fully saturated rings. The van der Waals surface area contributed by atoms with Crippen LogP contribution in [0, 0.1) is 0 Å². The highest BCUT2D eigenvalue weighted by Crippen LogP contribution is 2.27. The maximum atomic E-state index is 12.6. The number of nitrogen functional groups attached to an aromatic ring is 1. The lowest BCUT2D eigenvalue weighted by molar-refractivity contribution is 0.0985. The van der Waals surface area contributed by atoms with Gasteiger partial charge >= 0.3 is 0 Å². The average molecular weight is 286 g/mol. The minimum atomic E-state index is -0.306. The summed E-state index contributed by atoms with van der Waals surface area (Å²) in [5.74, 6) is 0.127. The number of hydrogen-bond acceptors (Lipinski definition) is 4. The van der Waals surface area contributed by atoms with Gasteiger partial charge in [0.25, 0.3) is 5.91 Å². The van der Waals surface area contributed by atoms with Gasteiger partial charge in [-0.3, -0.25) is 4.79 Å². The van der Waals surface area contributed by atoms with Crippen molar-refractivity contribution in [3.8, 4) is 11.5 Å². The lowest BCUT2D eigenvalue weighted by Gasteiger charge is -2.22. The number of amides is 1. The van der Waals surface area contributed by atoms with Gasteiger partial charge in [0.05, 0.1) is 12.7 Å². The van der Waals surface area contributed by atoms with Gasteiger partial charge in [0.15, 0.2) is 0 Å². The Balaban J connectivity index is 2.41. The van der Waals surface area contributed by atoms with Crippen LogP contribution in [0.1, 0.15) is 17.3 Å². The van der Waals surface area contributed by atoms with Crippen LogP contribution in [-0.4, -0.2) is 24.7 Å². The molecule has 2 aromatic carbocycles. The number of methoxy groups -OCH3 is 1. The van der Waals surface area contributed by atoms with Crippen LogP contribution in [0.4, 0.5) is 11.4 Å². The number of ether oxygens (including phenoxy) is 1. The van der Waals surface area contributed by atoms with Gasteiger partial charge in [-0.05, 0) is 43.3 Å². The van der Waals surface area contributed by atoms with E-state index in [1.54, 1.807) is 35.2 Å². The molecule has 0 aromatic heterocycles. The van der Waals surface area contributed by atoms with Gasteiger partial charge in [0.2, 0.25) is 0 Å². The van der Waals surface area contributed by atoms with E-state index in [0.29, 0.717) is 23.7 Å². The fourth-order valence-corrected chi connectivity index (χ4v) is 2.09. The van der Waals surface area contributed by atoms with Crippen LogP contribution in [0.2, 0.25) is 0 Å². The Morgan fingerprint density at radius 1 is 1.29 bits per heavy atom. The Morgan fingerprint density at radius 3 is 2.67 bits per heavy atom. The van der Waals surface area contributed by atoms with Crippen molar-refractivity contribution >= 4 is 17.3 Å². The number of phenolic OH excluding ortho intramolecular Hbond substituents is 1. The van der Waals surface area contributed by atoms with Crippen molar-refractivity contribution < 1.29 is 14.6 Å². The minimum absolute atomic E-state index is 0.0804. The van der Waals surface area contributed by atoms with Crippen LogP contribution in [0.3, 0.4) is 0 Å². The van der Waals surface area contributed by atoms with Crippen molar-refractivity contribution in [3.05, 3.63) is 48.0 Å². The van der Waals surface area contributed by atoms with Crippen LogP contribution in [0.15, 0.2) is 42.5 Å². The van der Waals surface area contributed by atoms with E-state index in [0.717, 1.165) is 0 Å². The summed E-state index contributed by atoms with van der Waals surface area (Å²) < 4.78 is 5.10. The standard InChI is InChI=1S/C16H18N2O3/c1-3-18(12-6-4-5-11(17)9-12)16(20)14-10-13(21-2)7-8-15(14)19/h4-10,19H,3,17H2,1-2H3. The Bertz CT molecular complexity index is 656. The van der Waals surface area contributed by atoms with Gasteiger partial charge in [-0.15, -0.1) is 0 Å². The second-order valence-corrected chi connectivity index (χ2v) is 4.53. The highest BCUT2D eigenvalue weighted by molar-refractivity contribution is 6.08. The van der Waals surface area contributed by atoms with E-state index in [2.05, 4.69) is 0 Å². The van der Waals surface area contributed by atoms with E-state index in [1.165, 1.54) is 19.2 Å². The second-order valence-electron chi connectivity index (χ2n) is 4.53. The molecule has 110 valence electrons. The maximum Gasteiger partial charge on any atom is 0.262 e. The number of carbonyl (C=O) groups is 1. The zero-order chi connectivity index (χ0) is 15.4. The number of phenols is 1. The van der Waals surface area contributed by atoms with Crippen molar-refractivity contribution in [1.82, 2.24) is 0 Å². The molecule has 0 bridgehead atoms. The number of aromatic hydroxyl groups is 1. The quantitative estimate of drug-likeness (QED) is 0.847. The molecule has 3 N–H and O–H groups in total. The Morgan fingerprint density at radius 2 is 2.05 bits per heavy atom. The number of anilines is 2. The summed E-state index contributed by atoms with van der Waals surface area (Å²) in [6.45, 7) is 2.32. The average Bonchev–Trinajstić information content (AvgIpc) is 2.48. The highest BCUT2D eigenvalue weighted by atomic mass is 16.5. The number of nitrogens with two attached hydrogens (primary N) is 1. The number of hydrogen-bond donors (Lipinski definition) is 2. The number of benzene rings is 2. The van der Waals surface area contributed by atoms with Crippen molar-refractivity contribution in [3.63, 3.8) is 0 Å².